The number of anilines is 1. The molecule has 1 aromatic rings. The van der Waals surface area contributed by atoms with E-state index in [2.05, 4.69) is 0 Å². The first kappa shape index (κ1) is 22.8. The lowest BCUT2D eigenvalue weighted by Crippen LogP contribution is -2.58. The van der Waals surface area contributed by atoms with Crippen LogP contribution in [0.3, 0.4) is 0 Å². The molecule has 1 fully saturated rings. The highest BCUT2D eigenvalue weighted by molar-refractivity contribution is 5.91. The van der Waals surface area contributed by atoms with Crippen LogP contribution in [0.15, 0.2) is 35.5 Å². The van der Waals surface area contributed by atoms with Crippen LogP contribution in [0.4, 0.5) is 5.69 Å². The number of esters is 3. The highest BCUT2D eigenvalue weighted by atomic mass is 16.6. The predicted molar refractivity (Wildman–Crippen MR) is 112 cm³/mol. The molecule has 31 heavy (non-hydrogen) atoms. The number of nitrogens with zero attached hydrogens (tertiary/aromatic N) is 1. The lowest BCUT2D eigenvalue weighted by atomic mass is 9.80. The van der Waals surface area contributed by atoms with Crippen molar-refractivity contribution in [1.29, 1.82) is 0 Å². The van der Waals surface area contributed by atoms with E-state index in [1.54, 1.807) is 6.92 Å². The molecule has 2 heterocycles. The molecular formula is C23H29NO7. The molecule has 0 spiro atoms. The molecule has 0 amide bonds. The number of benzene rings is 1. The molecule has 2 bridgehead atoms. The fraction of sp³-hybridized carbons (Fsp3) is 0.522. The lowest BCUT2D eigenvalue weighted by Gasteiger charge is -2.50. The summed E-state index contributed by atoms with van der Waals surface area (Å²) in [7, 11) is 0. The van der Waals surface area contributed by atoms with Crippen LogP contribution in [0.2, 0.25) is 0 Å². The predicted octanol–water partition coefficient (Wildman–Crippen LogP) is 2.88. The summed E-state index contributed by atoms with van der Waals surface area (Å²) >= 11 is 0. The van der Waals surface area contributed by atoms with Crippen molar-refractivity contribution < 1.29 is 33.3 Å². The Bertz CT molecular complexity index is 876. The van der Waals surface area contributed by atoms with Crippen molar-refractivity contribution in [3.05, 3.63) is 41.1 Å². The topological polar surface area (TPSA) is 91.4 Å². The third kappa shape index (κ3) is 4.90. The minimum atomic E-state index is -0.775. The standard InChI is InChI=1S/C23H29NO7/c1-6-28-23(27)21-14(3)24(17-9-7-13(2)8-10-17)20-11-18(21)22(30-16(5)26)19(31-20)12-29-15(4)25/h7-10,18-20,22H,6,11-12H2,1-5H3/t18?,19-,20?,22+/m1/s1. The van der Waals surface area contributed by atoms with Gasteiger partial charge in [-0.05, 0) is 32.9 Å². The zero-order chi connectivity index (χ0) is 22.7. The van der Waals surface area contributed by atoms with Gasteiger partial charge in [0.05, 0.1) is 12.2 Å². The largest absolute Gasteiger partial charge is 0.463 e. The molecule has 2 unspecified atom stereocenters. The molecule has 0 aliphatic carbocycles. The van der Waals surface area contributed by atoms with E-state index in [1.807, 2.05) is 43.0 Å². The van der Waals surface area contributed by atoms with Gasteiger partial charge in [0.1, 0.15) is 25.0 Å². The number of fused-ring (bicyclic) bond motifs is 2. The Balaban J connectivity index is 2.08. The number of rotatable bonds is 6. The highest BCUT2D eigenvalue weighted by Crippen LogP contribution is 2.44. The molecule has 2 aliphatic heterocycles. The molecule has 0 aromatic heterocycles. The average Bonchev–Trinajstić information content (AvgIpc) is 2.69. The van der Waals surface area contributed by atoms with E-state index in [-0.39, 0.29) is 13.2 Å². The van der Waals surface area contributed by atoms with Gasteiger partial charge in [-0.2, -0.15) is 0 Å². The summed E-state index contributed by atoms with van der Waals surface area (Å²) in [5.74, 6) is -1.86. The van der Waals surface area contributed by atoms with Crippen molar-refractivity contribution in [2.75, 3.05) is 18.1 Å². The molecule has 1 aromatic carbocycles. The maximum Gasteiger partial charge on any atom is 0.336 e. The maximum atomic E-state index is 13.0. The van der Waals surface area contributed by atoms with Crippen molar-refractivity contribution in [2.24, 2.45) is 5.92 Å². The van der Waals surface area contributed by atoms with Gasteiger partial charge in [-0.15, -0.1) is 0 Å². The second kappa shape index (κ2) is 9.51. The Morgan fingerprint density at radius 3 is 2.32 bits per heavy atom. The fourth-order valence-electron chi connectivity index (χ4n) is 4.26. The van der Waals surface area contributed by atoms with E-state index in [0.29, 0.717) is 17.7 Å². The molecule has 0 N–H and O–H groups in total. The van der Waals surface area contributed by atoms with E-state index in [9.17, 15) is 14.4 Å². The van der Waals surface area contributed by atoms with Crippen molar-refractivity contribution in [2.45, 2.75) is 59.5 Å². The van der Waals surface area contributed by atoms with Crippen LogP contribution in [0.5, 0.6) is 0 Å². The summed E-state index contributed by atoms with van der Waals surface area (Å²) < 4.78 is 22.4. The first-order valence-corrected chi connectivity index (χ1v) is 10.4. The van der Waals surface area contributed by atoms with Gasteiger partial charge in [0.15, 0.2) is 0 Å². The van der Waals surface area contributed by atoms with Gasteiger partial charge in [0.25, 0.3) is 0 Å². The maximum absolute atomic E-state index is 13.0. The summed E-state index contributed by atoms with van der Waals surface area (Å²) in [4.78, 5) is 38.2. The lowest BCUT2D eigenvalue weighted by molar-refractivity contribution is -0.193. The molecule has 1 saturated heterocycles. The van der Waals surface area contributed by atoms with E-state index in [1.165, 1.54) is 13.8 Å². The van der Waals surface area contributed by atoms with Gasteiger partial charge in [0.2, 0.25) is 0 Å². The second-order valence-electron chi connectivity index (χ2n) is 7.77. The van der Waals surface area contributed by atoms with Crippen LogP contribution in [-0.2, 0) is 33.3 Å². The molecule has 168 valence electrons. The van der Waals surface area contributed by atoms with Crippen LogP contribution in [0.1, 0.15) is 39.7 Å². The van der Waals surface area contributed by atoms with Gasteiger partial charge in [0, 0.05) is 37.6 Å². The molecule has 8 heteroatoms. The summed E-state index contributed by atoms with van der Waals surface area (Å²) in [6, 6.07) is 7.90. The number of ether oxygens (including phenoxy) is 4. The minimum absolute atomic E-state index is 0.0861. The third-order valence-electron chi connectivity index (χ3n) is 5.52. The first-order valence-electron chi connectivity index (χ1n) is 10.4. The Morgan fingerprint density at radius 1 is 1.06 bits per heavy atom. The Kier molecular flexibility index (Phi) is 7.00. The van der Waals surface area contributed by atoms with E-state index in [0.717, 1.165) is 11.3 Å². The van der Waals surface area contributed by atoms with Crippen molar-refractivity contribution in [3.63, 3.8) is 0 Å². The molecule has 4 atom stereocenters. The Labute approximate surface area is 182 Å². The second-order valence-corrected chi connectivity index (χ2v) is 7.77. The molecule has 8 nitrogen and oxygen atoms in total. The molecule has 0 radical (unpaired) electrons. The summed E-state index contributed by atoms with van der Waals surface area (Å²) in [6.07, 6.45) is -1.49. The smallest absolute Gasteiger partial charge is 0.336 e. The van der Waals surface area contributed by atoms with Crippen LogP contribution < -0.4 is 4.90 Å². The van der Waals surface area contributed by atoms with Crippen LogP contribution >= 0.6 is 0 Å². The third-order valence-corrected chi connectivity index (χ3v) is 5.52. The van der Waals surface area contributed by atoms with E-state index < -0.39 is 42.3 Å². The molecule has 0 saturated carbocycles. The minimum Gasteiger partial charge on any atom is -0.463 e. The van der Waals surface area contributed by atoms with Gasteiger partial charge in [-0.3, -0.25) is 9.59 Å². The number of hydrogen-bond donors (Lipinski definition) is 0. The van der Waals surface area contributed by atoms with Crippen molar-refractivity contribution in [1.82, 2.24) is 0 Å². The van der Waals surface area contributed by atoms with Gasteiger partial charge >= 0.3 is 17.9 Å². The monoisotopic (exact) mass is 431 g/mol. The number of aryl methyl sites for hydroxylation is 1. The Hall–Kier alpha value is -2.87. The summed E-state index contributed by atoms with van der Waals surface area (Å²) in [5.41, 5.74) is 3.11. The van der Waals surface area contributed by atoms with Gasteiger partial charge in [-0.1, -0.05) is 17.7 Å². The molecular weight excluding hydrogens is 402 g/mol. The number of carbonyl (C=O) groups excluding carboxylic acids is 3. The zero-order valence-corrected chi connectivity index (χ0v) is 18.5. The van der Waals surface area contributed by atoms with Crippen molar-refractivity contribution in [3.8, 4) is 0 Å². The quantitative estimate of drug-likeness (QED) is 0.502. The summed E-state index contributed by atoms with van der Waals surface area (Å²) in [5, 5.41) is 0. The number of allylic oxidation sites excluding steroid dienone is 1. The summed E-state index contributed by atoms with van der Waals surface area (Å²) in [6.45, 7) is 8.33. The number of carbonyl (C=O) groups is 3. The van der Waals surface area contributed by atoms with Crippen molar-refractivity contribution >= 4 is 23.6 Å². The van der Waals surface area contributed by atoms with E-state index in [4.69, 9.17) is 18.9 Å². The average molecular weight is 431 g/mol. The fourth-order valence-corrected chi connectivity index (χ4v) is 4.26. The Morgan fingerprint density at radius 2 is 1.74 bits per heavy atom. The molecule has 2 aliphatic rings. The van der Waals surface area contributed by atoms with Crippen LogP contribution in [0, 0.1) is 12.8 Å². The van der Waals surface area contributed by atoms with Crippen LogP contribution in [0.25, 0.3) is 0 Å². The van der Waals surface area contributed by atoms with Gasteiger partial charge < -0.3 is 23.8 Å². The first-order chi connectivity index (χ1) is 14.7. The zero-order valence-electron chi connectivity index (χ0n) is 18.5. The SMILES string of the molecule is CCOC(=O)C1=C(C)N(c2ccc(C)cc2)C2CC1[C@H](OC(C)=O)[C@@H](COC(C)=O)O2. The highest BCUT2D eigenvalue weighted by Gasteiger charge is 2.51. The van der Waals surface area contributed by atoms with Crippen LogP contribution in [-0.4, -0.2) is 49.6 Å². The number of hydrogen-bond acceptors (Lipinski definition) is 8. The molecule has 3 rings (SSSR count). The van der Waals surface area contributed by atoms with E-state index >= 15 is 0 Å². The van der Waals surface area contributed by atoms with Gasteiger partial charge in [-0.25, -0.2) is 4.79 Å². The normalized spacial score (nSPS) is 25.1.